The molecular formula is C23H23FN4O3S. The Bertz CT molecular complexity index is 1220. The Hall–Kier alpha value is -3.46. The van der Waals surface area contributed by atoms with Crippen LogP contribution in [0, 0.1) is 5.82 Å². The van der Waals surface area contributed by atoms with Gasteiger partial charge in [-0.05, 0) is 56.3 Å². The first kappa shape index (κ1) is 21.8. The summed E-state index contributed by atoms with van der Waals surface area (Å²) in [5, 5.41) is 9.44. The number of amides is 1. The number of benzene rings is 2. The molecule has 0 bridgehead atoms. The number of ether oxygens (including phenoxy) is 2. The molecule has 9 heteroatoms. The van der Waals surface area contributed by atoms with Crippen LogP contribution in [0.3, 0.4) is 0 Å². The molecule has 4 aromatic rings. The van der Waals surface area contributed by atoms with Crippen LogP contribution in [-0.2, 0) is 6.42 Å². The van der Waals surface area contributed by atoms with Gasteiger partial charge in [-0.3, -0.25) is 4.79 Å². The van der Waals surface area contributed by atoms with Gasteiger partial charge in [0.2, 0.25) is 4.96 Å². The highest BCUT2D eigenvalue weighted by atomic mass is 32.1. The Morgan fingerprint density at radius 1 is 1.09 bits per heavy atom. The van der Waals surface area contributed by atoms with Gasteiger partial charge in [-0.2, -0.15) is 4.98 Å². The zero-order chi connectivity index (χ0) is 22.5. The number of halogens is 1. The summed E-state index contributed by atoms with van der Waals surface area (Å²) in [5.74, 6) is 1.23. The average Bonchev–Trinajstić information content (AvgIpc) is 3.37. The van der Waals surface area contributed by atoms with Crippen molar-refractivity contribution < 1.29 is 18.7 Å². The number of rotatable bonds is 9. The number of carbonyl (C=O) groups excluding carboxylic acids is 1. The molecule has 0 radical (unpaired) electrons. The molecule has 0 aliphatic carbocycles. The molecule has 1 N–H and O–H groups in total. The van der Waals surface area contributed by atoms with Crippen LogP contribution in [0.15, 0.2) is 47.8 Å². The highest BCUT2D eigenvalue weighted by Crippen LogP contribution is 2.28. The number of hydrogen-bond donors (Lipinski definition) is 1. The number of nitrogens with one attached hydrogen (secondary N) is 1. The summed E-state index contributed by atoms with van der Waals surface area (Å²) in [6, 6.07) is 11.2. The molecule has 166 valence electrons. The van der Waals surface area contributed by atoms with E-state index in [2.05, 4.69) is 15.4 Å². The van der Waals surface area contributed by atoms with Crippen molar-refractivity contribution in [3.8, 4) is 22.9 Å². The average molecular weight is 455 g/mol. The number of carbonyl (C=O) groups is 1. The summed E-state index contributed by atoms with van der Waals surface area (Å²) >= 11 is 1.47. The van der Waals surface area contributed by atoms with Gasteiger partial charge >= 0.3 is 0 Å². The second kappa shape index (κ2) is 9.78. The van der Waals surface area contributed by atoms with Crippen molar-refractivity contribution in [2.24, 2.45) is 0 Å². The van der Waals surface area contributed by atoms with E-state index in [1.54, 1.807) is 34.8 Å². The zero-order valence-electron chi connectivity index (χ0n) is 17.8. The monoisotopic (exact) mass is 454 g/mol. The van der Waals surface area contributed by atoms with Crippen molar-refractivity contribution in [3.63, 3.8) is 0 Å². The van der Waals surface area contributed by atoms with Gasteiger partial charge in [-0.25, -0.2) is 8.91 Å². The van der Waals surface area contributed by atoms with E-state index >= 15 is 0 Å². The third kappa shape index (κ3) is 4.72. The molecule has 2 aromatic carbocycles. The molecule has 4 rings (SSSR count). The van der Waals surface area contributed by atoms with Gasteiger partial charge in [0.15, 0.2) is 17.3 Å². The van der Waals surface area contributed by atoms with Crippen molar-refractivity contribution in [1.82, 2.24) is 19.9 Å². The molecule has 0 aliphatic heterocycles. The van der Waals surface area contributed by atoms with Gasteiger partial charge in [0.25, 0.3) is 5.91 Å². The van der Waals surface area contributed by atoms with Gasteiger partial charge in [0.05, 0.1) is 18.9 Å². The van der Waals surface area contributed by atoms with E-state index in [9.17, 15) is 9.18 Å². The molecule has 0 unspecified atom stereocenters. The van der Waals surface area contributed by atoms with Crippen LogP contribution >= 0.6 is 11.3 Å². The minimum Gasteiger partial charge on any atom is -0.490 e. The van der Waals surface area contributed by atoms with Crippen LogP contribution in [-0.4, -0.2) is 40.3 Å². The van der Waals surface area contributed by atoms with Gasteiger partial charge < -0.3 is 14.8 Å². The van der Waals surface area contributed by atoms with Crippen LogP contribution in [0.4, 0.5) is 4.39 Å². The van der Waals surface area contributed by atoms with E-state index in [-0.39, 0.29) is 11.7 Å². The van der Waals surface area contributed by atoms with Crippen molar-refractivity contribution >= 4 is 22.2 Å². The maximum Gasteiger partial charge on any atom is 0.251 e. The molecular weight excluding hydrogens is 431 g/mol. The molecule has 0 saturated heterocycles. The smallest absolute Gasteiger partial charge is 0.251 e. The van der Waals surface area contributed by atoms with E-state index in [1.807, 2.05) is 19.2 Å². The molecule has 0 atom stereocenters. The van der Waals surface area contributed by atoms with Gasteiger partial charge in [-0.15, -0.1) is 16.4 Å². The maximum absolute atomic E-state index is 13.2. The number of aromatic nitrogens is 3. The molecule has 0 spiro atoms. The fourth-order valence-electron chi connectivity index (χ4n) is 3.22. The molecule has 2 heterocycles. The van der Waals surface area contributed by atoms with Crippen molar-refractivity contribution in [3.05, 3.63) is 64.9 Å². The summed E-state index contributed by atoms with van der Waals surface area (Å²) in [6.07, 6.45) is 0.591. The minimum absolute atomic E-state index is 0.189. The Labute approximate surface area is 188 Å². The van der Waals surface area contributed by atoms with Crippen molar-refractivity contribution in [2.45, 2.75) is 20.3 Å². The molecule has 0 aliphatic rings. The maximum atomic E-state index is 13.2. The lowest BCUT2D eigenvalue weighted by atomic mass is 10.2. The third-order valence-corrected chi connectivity index (χ3v) is 5.59. The largest absolute Gasteiger partial charge is 0.490 e. The van der Waals surface area contributed by atoms with Crippen LogP contribution in [0.1, 0.15) is 29.9 Å². The highest BCUT2D eigenvalue weighted by Gasteiger charge is 2.14. The van der Waals surface area contributed by atoms with Gasteiger partial charge in [-0.1, -0.05) is 0 Å². The van der Waals surface area contributed by atoms with Gasteiger partial charge in [0.1, 0.15) is 5.82 Å². The fraction of sp³-hybridized carbons (Fsp3) is 0.261. The first-order chi connectivity index (χ1) is 15.6. The summed E-state index contributed by atoms with van der Waals surface area (Å²) in [7, 11) is 0. The molecule has 7 nitrogen and oxygen atoms in total. The van der Waals surface area contributed by atoms with E-state index in [1.165, 1.54) is 23.5 Å². The summed E-state index contributed by atoms with van der Waals surface area (Å²) < 4.78 is 26.1. The Kier molecular flexibility index (Phi) is 6.65. The van der Waals surface area contributed by atoms with Crippen LogP contribution < -0.4 is 14.8 Å². The predicted octanol–water partition coefficient (Wildman–Crippen LogP) is 4.37. The lowest BCUT2D eigenvalue weighted by Crippen LogP contribution is -2.26. The molecule has 0 saturated carbocycles. The van der Waals surface area contributed by atoms with E-state index in [0.29, 0.717) is 49.1 Å². The van der Waals surface area contributed by atoms with Crippen LogP contribution in [0.25, 0.3) is 16.3 Å². The quantitative estimate of drug-likeness (QED) is 0.406. The number of nitrogens with zero attached hydrogens (tertiary/aromatic N) is 3. The normalized spacial score (nSPS) is 11.0. The van der Waals surface area contributed by atoms with Crippen LogP contribution in [0.5, 0.6) is 11.5 Å². The highest BCUT2D eigenvalue weighted by molar-refractivity contribution is 7.15. The second-order valence-corrected chi connectivity index (χ2v) is 7.73. The minimum atomic E-state index is -0.299. The molecule has 0 fully saturated rings. The van der Waals surface area contributed by atoms with Crippen molar-refractivity contribution in [1.29, 1.82) is 0 Å². The van der Waals surface area contributed by atoms with Crippen molar-refractivity contribution in [2.75, 3.05) is 19.8 Å². The third-order valence-electron chi connectivity index (χ3n) is 4.72. The second-order valence-electron chi connectivity index (χ2n) is 6.90. The Morgan fingerprint density at radius 2 is 1.84 bits per heavy atom. The predicted molar refractivity (Wildman–Crippen MR) is 121 cm³/mol. The number of fused-ring (bicyclic) bond motifs is 1. The zero-order valence-corrected chi connectivity index (χ0v) is 18.6. The first-order valence-electron chi connectivity index (χ1n) is 10.4. The molecule has 2 aromatic heterocycles. The van der Waals surface area contributed by atoms with E-state index in [0.717, 1.165) is 16.2 Å². The summed E-state index contributed by atoms with van der Waals surface area (Å²) in [5.41, 5.74) is 2.20. The van der Waals surface area contributed by atoms with Crippen LogP contribution in [0.2, 0.25) is 0 Å². The number of hydrogen-bond acceptors (Lipinski definition) is 6. The van der Waals surface area contributed by atoms with E-state index < -0.39 is 0 Å². The first-order valence-corrected chi connectivity index (χ1v) is 11.2. The molecule has 32 heavy (non-hydrogen) atoms. The van der Waals surface area contributed by atoms with Gasteiger partial charge in [0, 0.05) is 29.5 Å². The number of thiazole rings is 1. The Morgan fingerprint density at radius 3 is 2.59 bits per heavy atom. The summed E-state index contributed by atoms with van der Waals surface area (Å²) in [4.78, 5) is 17.9. The lowest BCUT2D eigenvalue weighted by molar-refractivity contribution is 0.0953. The SMILES string of the molecule is CCOc1ccc(C(=O)NCCc2csc3nc(-c4ccc(F)cc4)nn23)cc1OCC. The van der Waals surface area contributed by atoms with E-state index in [4.69, 9.17) is 9.47 Å². The fourth-order valence-corrected chi connectivity index (χ4v) is 4.07. The standard InChI is InChI=1S/C23H23FN4O3S/c1-3-30-19-10-7-16(13-20(19)31-4-2)22(29)25-12-11-18-14-32-23-26-21(27-28(18)23)15-5-8-17(24)9-6-15/h5-10,13-14H,3-4,11-12H2,1-2H3,(H,25,29). The Balaban J connectivity index is 1.41. The lowest BCUT2D eigenvalue weighted by Gasteiger charge is -2.12. The summed E-state index contributed by atoms with van der Waals surface area (Å²) in [6.45, 7) is 5.22. The topological polar surface area (TPSA) is 77.8 Å². The molecule has 1 amide bonds.